The SMILES string of the molecule is CNc1ncnc(NCCc2cccnc2)c1[N+](=O)[O-]. The van der Waals surface area contributed by atoms with Crippen LogP contribution < -0.4 is 10.6 Å². The summed E-state index contributed by atoms with van der Waals surface area (Å²) in [5, 5.41) is 16.7. The van der Waals surface area contributed by atoms with Crippen LogP contribution in [0.4, 0.5) is 17.3 Å². The molecular weight excluding hydrogens is 260 g/mol. The molecule has 0 saturated heterocycles. The highest BCUT2D eigenvalue weighted by Crippen LogP contribution is 2.28. The summed E-state index contributed by atoms with van der Waals surface area (Å²) in [6, 6.07) is 3.80. The van der Waals surface area contributed by atoms with Crippen LogP contribution in [0.3, 0.4) is 0 Å². The van der Waals surface area contributed by atoms with Crippen molar-refractivity contribution in [3.8, 4) is 0 Å². The lowest BCUT2D eigenvalue weighted by Crippen LogP contribution is -2.10. The summed E-state index contributed by atoms with van der Waals surface area (Å²) in [6.07, 6.45) is 5.44. The maximum Gasteiger partial charge on any atom is 0.353 e. The molecule has 8 heteroatoms. The molecule has 0 unspecified atom stereocenters. The molecule has 0 fully saturated rings. The van der Waals surface area contributed by atoms with E-state index in [2.05, 4.69) is 25.6 Å². The molecule has 0 aliphatic carbocycles. The maximum atomic E-state index is 11.1. The zero-order valence-corrected chi connectivity index (χ0v) is 10.9. The van der Waals surface area contributed by atoms with Crippen molar-refractivity contribution >= 4 is 17.3 Å². The van der Waals surface area contributed by atoms with Crippen LogP contribution in [0, 0.1) is 10.1 Å². The van der Waals surface area contributed by atoms with E-state index in [0.29, 0.717) is 13.0 Å². The zero-order chi connectivity index (χ0) is 14.4. The highest BCUT2D eigenvalue weighted by molar-refractivity contribution is 5.68. The third-order valence-corrected chi connectivity index (χ3v) is 2.67. The van der Waals surface area contributed by atoms with Crippen LogP contribution in [0.5, 0.6) is 0 Å². The number of rotatable bonds is 6. The fourth-order valence-corrected chi connectivity index (χ4v) is 1.74. The molecule has 2 rings (SSSR count). The average Bonchev–Trinajstić information content (AvgIpc) is 2.47. The number of nitrogens with zero attached hydrogens (tertiary/aromatic N) is 4. The Bertz CT molecular complexity index is 590. The predicted octanol–water partition coefficient (Wildman–Crippen LogP) is 1.48. The summed E-state index contributed by atoms with van der Waals surface area (Å²) in [4.78, 5) is 22.3. The second-order valence-electron chi connectivity index (χ2n) is 3.96. The van der Waals surface area contributed by atoms with Gasteiger partial charge in [0.05, 0.1) is 4.92 Å². The molecule has 0 radical (unpaired) electrons. The van der Waals surface area contributed by atoms with Crippen LogP contribution >= 0.6 is 0 Å². The van der Waals surface area contributed by atoms with E-state index < -0.39 is 4.92 Å². The van der Waals surface area contributed by atoms with Gasteiger partial charge < -0.3 is 10.6 Å². The highest BCUT2D eigenvalue weighted by atomic mass is 16.6. The third-order valence-electron chi connectivity index (χ3n) is 2.67. The number of hydrogen-bond acceptors (Lipinski definition) is 7. The number of aromatic nitrogens is 3. The minimum absolute atomic E-state index is 0.152. The quantitative estimate of drug-likeness (QED) is 0.607. The molecule has 2 aromatic rings. The summed E-state index contributed by atoms with van der Waals surface area (Å²) in [5.41, 5.74) is 0.895. The fourth-order valence-electron chi connectivity index (χ4n) is 1.74. The van der Waals surface area contributed by atoms with Gasteiger partial charge in [-0.05, 0) is 18.1 Å². The van der Waals surface area contributed by atoms with Crippen molar-refractivity contribution in [2.24, 2.45) is 0 Å². The molecule has 0 spiro atoms. The van der Waals surface area contributed by atoms with Gasteiger partial charge in [-0.2, -0.15) is 0 Å². The van der Waals surface area contributed by atoms with Crippen molar-refractivity contribution in [3.63, 3.8) is 0 Å². The van der Waals surface area contributed by atoms with Gasteiger partial charge in [-0.1, -0.05) is 6.07 Å². The topological polar surface area (TPSA) is 106 Å². The molecule has 0 atom stereocenters. The molecule has 0 bridgehead atoms. The molecule has 0 aromatic carbocycles. The Morgan fingerprint density at radius 1 is 1.35 bits per heavy atom. The zero-order valence-electron chi connectivity index (χ0n) is 10.9. The Balaban J connectivity index is 2.08. The maximum absolute atomic E-state index is 11.1. The molecule has 8 nitrogen and oxygen atoms in total. The first-order chi connectivity index (χ1) is 9.72. The van der Waals surface area contributed by atoms with Crippen molar-refractivity contribution < 1.29 is 4.92 Å². The number of nitrogens with one attached hydrogen (secondary N) is 2. The summed E-state index contributed by atoms with van der Waals surface area (Å²) in [5.74, 6) is 0.395. The minimum atomic E-state index is -0.502. The molecule has 0 amide bonds. The smallest absolute Gasteiger partial charge is 0.353 e. The molecule has 0 aliphatic heterocycles. The Labute approximate surface area is 115 Å². The molecule has 2 N–H and O–H groups in total. The lowest BCUT2D eigenvalue weighted by Gasteiger charge is -2.08. The van der Waals surface area contributed by atoms with Crippen LogP contribution in [0.15, 0.2) is 30.9 Å². The van der Waals surface area contributed by atoms with Gasteiger partial charge in [0.1, 0.15) is 6.33 Å². The van der Waals surface area contributed by atoms with Crippen molar-refractivity contribution in [1.82, 2.24) is 15.0 Å². The fraction of sp³-hybridized carbons (Fsp3) is 0.250. The van der Waals surface area contributed by atoms with Crippen molar-refractivity contribution in [2.45, 2.75) is 6.42 Å². The first kappa shape index (κ1) is 13.7. The minimum Gasteiger partial charge on any atom is -0.367 e. The van der Waals surface area contributed by atoms with E-state index >= 15 is 0 Å². The monoisotopic (exact) mass is 274 g/mol. The Morgan fingerprint density at radius 2 is 2.15 bits per heavy atom. The van der Waals surface area contributed by atoms with Gasteiger partial charge in [-0.25, -0.2) is 9.97 Å². The van der Waals surface area contributed by atoms with Gasteiger partial charge in [0.25, 0.3) is 0 Å². The number of hydrogen-bond donors (Lipinski definition) is 2. The lowest BCUT2D eigenvalue weighted by atomic mass is 10.2. The molecule has 0 aliphatic rings. The number of nitro groups is 1. The van der Waals surface area contributed by atoms with Crippen LogP contribution in [0.2, 0.25) is 0 Å². The number of pyridine rings is 1. The summed E-state index contributed by atoms with van der Waals surface area (Å²) in [7, 11) is 1.58. The molecule has 2 heterocycles. The van der Waals surface area contributed by atoms with Crippen LogP contribution in [0.25, 0.3) is 0 Å². The highest BCUT2D eigenvalue weighted by Gasteiger charge is 2.21. The van der Waals surface area contributed by atoms with Crippen LogP contribution in [-0.4, -0.2) is 33.5 Å². The molecule has 0 saturated carbocycles. The van der Waals surface area contributed by atoms with E-state index in [1.807, 2.05) is 12.1 Å². The number of anilines is 2. The Hall–Kier alpha value is -2.77. The summed E-state index contributed by atoms with van der Waals surface area (Å²) < 4.78 is 0. The van der Waals surface area contributed by atoms with E-state index in [4.69, 9.17) is 0 Å². The van der Waals surface area contributed by atoms with Gasteiger partial charge in [0.15, 0.2) is 0 Å². The first-order valence-electron chi connectivity index (χ1n) is 6.02. The Kier molecular flexibility index (Phi) is 4.38. The largest absolute Gasteiger partial charge is 0.367 e. The van der Waals surface area contributed by atoms with E-state index in [9.17, 15) is 10.1 Å². The van der Waals surface area contributed by atoms with Crippen LogP contribution in [-0.2, 0) is 6.42 Å². The van der Waals surface area contributed by atoms with Gasteiger partial charge in [-0.15, -0.1) is 0 Å². The second kappa shape index (κ2) is 6.41. The Morgan fingerprint density at radius 3 is 2.80 bits per heavy atom. The average molecular weight is 274 g/mol. The van der Waals surface area contributed by atoms with Gasteiger partial charge >= 0.3 is 5.69 Å². The van der Waals surface area contributed by atoms with E-state index in [-0.39, 0.29) is 17.3 Å². The molecule has 104 valence electrons. The molecule has 2 aromatic heterocycles. The molecular formula is C12H14N6O2. The summed E-state index contributed by atoms with van der Waals surface area (Å²) in [6.45, 7) is 0.521. The van der Waals surface area contributed by atoms with Gasteiger partial charge in [0.2, 0.25) is 11.6 Å². The van der Waals surface area contributed by atoms with Crippen LogP contribution in [0.1, 0.15) is 5.56 Å². The first-order valence-corrected chi connectivity index (χ1v) is 6.02. The third kappa shape index (κ3) is 3.16. The van der Waals surface area contributed by atoms with Gasteiger partial charge in [-0.3, -0.25) is 15.1 Å². The standard InChI is InChI=1S/C12H14N6O2/c1-13-11-10(18(19)20)12(17-8-16-11)15-6-4-9-3-2-5-14-7-9/h2-3,5,7-8H,4,6H2,1H3,(H2,13,15,16,17). The lowest BCUT2D eigenvalue weighted by molar-refractivity contribution is -0.383. The van der Waals surface area contributed by atoms with E-state index in [1.54, 1.807) is 19.4 Å². The summed E-state index contributed by atoms with van der Waals surface area (Å²) >= 11 is 0. The predicted molar refractivity (Wildman–Crippen MR) is 74.7 cm³/mol. The molecule has 20 heavy (non-hydrogen) atoms. The second-order valence-corrected chi connectivity index (χ2v) is 3.96. The van der Waals surface area contributed by atoms with Crippen molar-refractivity contribution in [1.29, 1.82) is 0 Å². The van der Waals surface area contributed by atoms with Crippen molar-refractivity contribution in [3.05, 3.63) is 46.5 Å². The van der Waals surface area contributed by atoms with E-state index in [1.165, 1.54) is 6.33 Å². The van der Waals surface area contributed by atoms with Crippen molar-refractivity contribution in [2.75, 3.05) is 24.2 Å². The normalized spacial score (nSPS) is 10.1. The van der Waals surface area contributed by atoms with E-state index in [0.717, 1.165) is 5.56 Å². The van der Waals surface area contributed by atoms with Gasteiger partial charge in [0, 0.05) is 26.0 Å².